The molecule has 8 heteroatoms. The fourth-order valence-electron chi connectivity index (χ4n) is 5.48. The second-order valence-corrected chi connectivity index (χ2v) is 10.1. The Balaban J connectivity index is 1.58. The van der Waals surface area contributed by atoms with Crippen LogP contribution in [0.2, 0.25) is 0 Å². The van der Waals surface area contributed by atoms with E-state index in [1.54, 1.807) is 36.4 Å². The molecule has 6 aromatic rings. The Bertz CT molecular complexity index is 2030. The van der Waals surface area contributed by atoms with Gasteiger partial charge in [0.2, 0.25) is 0 Å². The Labute approximate surface area is 235 Å². The molecule has 6 rings (SSSR count). The molecular formula is C33H25BNO6. The number of phenolic OH excluding ortho intramolecular Hbond substituents is 1. The molecule has 0 atom stereocenters. The Morgan fingerprint density at radius 2 is 1.59 bits per heavy atom. The Kier molecular flexibility index (Phi) is 6.79. The van der Waals surface area contributed by atoms with E-state index in [0.29, 0.717) is 62.5 Å². The van der Waals surface area contributed by atoms with Crippen molar-refractivity contribution in [1.82, 2.24) is 4.90 Å². The smallest absolute Gasteiger partial charge is 0.336 e. The van der Waals surface area contributed by atoms with Crippen molar-refractivity contribution < 1.29 is 24.4 Å². The van der Waals surface area contributed by atoms with Crippen LogP contribution in [0.4, 0.5) is 0 Å². The number of carboxylic acids is 1. The van der Waals surface area contributed by atoms with Crippen LogP contribution >= 0.6 is 0 Å². The molecule has 201 valence electrons. The molecule has 0 aliphatic heterocycles. The first-order valence-corrected chi connectivity index (χ1v) is 13.1. The van der Waals surface area contributed by atoms with Gasteiger partial charge in [-0.15, -0.1) is 0 Å². The molecule has 1 heterocycles. The second-order valence-electron chi connectivity index (χ2n) is 10.1. The third-order valence-electron chi connectivity index (χ3n) is 7.37. The molecule has 0 unspecified atom stereocenters. The van der Waals surface area contributed by atoms with Crippen LogP contribution < -0.4 is 10.9 Å². The van der Waals surface area contributed by atoms with Gasteiger partial charge in [-0.1, -0.05) is 48.5 Å². The minimum atomic E-state index is -1.06. The molecule has 0 spiro atoms. The number of aromatic hydroxyl groups is 1. The van der Waals surface area contributed by atoms with Gasteiger partial charge in [0.15, 0.2) is 5.43 Å². The summed E-state index contributed by atoms with van der Waals surface area (Å²) in [6.07, 6.45) is 0. The highest BCUT2D eigenvalue weighted by atomic mass is 16.4. The molecule has 3 N–H and O–H groups in total. The zero-order valence-corrected chi connectivity index (χ0v) is 22.2. The van der Waals surface area contributed by atoms with Gasteiger partial charge in [-0.2, -0.15) is 0 Å². The molecule has 0 aliphatic carbocycles. The van der Waals surface area contributed by atoms with Gasteiger partial charge in [0, 0.05) is 46.4 Å². The molecule has 1 aromatic heterocycles. The number of aromatic carboxylic acids is 1. The number of carboxylic acid groups (broad SMARTS) is 1. The van der Waals surface area contributed by atoms with Crippen molar-refractivity contribution in [2.24, 2.45) is 0 Å². The van der Waals surface area contributed by atoms with E-state index in [-0.39, 0.29) is 16.7 Å². The minimum Gasteiger partial charge on any atom is -0.507 e. The third-order valence-corrected chi connectivity index (χ3v) is 7.37. The van der Waals surface area contributed by atoms with Gasteiger partial charge < -0.3 is 19.7 Å². The summed E-state index contributed by atoms with van der Waals surface area (Å²) in [5.41, 5.74) is 4.35. The van der Waals surface area contributed by atoms with E-state index in [9.17, 15) is 24.8 Å². The molecule has 5 aromatic carbocycles. The highest BCUT2D eigenvalue weighted by molar-refractivity contribution is 6.46. The number of carbonyl (C=O) groups is 1. The summed E-state index contributed by atoms with van der Waals surface area (Å²) in [4.78, 5) is 26.3. The van der Waals surface area contributed by atoms with Crippen LogP contribution in [0.1, 0.15) is 21.5 Å². The molecule has 0 saturated heterocycles. The molecule has 0 saturated carbocycles. The van der Waals surface area contributed by atoms with Crippen molar-refractivity contribution in [2.75, 3.05) is 7.05 Å². The van der Waals surface area contributed by atoms with Crippen LogP contribution in [0.5, 0.6) is 5.75 Å². The van der Waals surface area contributed by atoms with Crippen molar-refractivity contribution in [1.29, 1.82) is 0 Å². The largest absolute Gasteiger partial charge is 0.507 e. The van der Waals surface area contributed by atoms with Crippen LogP contribution in [-0.4, -0.2) is 40.6 Å². The summed E-state index contributed by atoms with van der Waals surface area (Å²) in [5, 5.41) is 33.5. The van der Waals surface area contributed by atoms with E-state index in [1.807, 2.05) is 54.4 Å². The van der Waals surface area contributed by atoms with E-state index < -0.39 is 5.97 Å². The van der Waals surface area contributed by atoms with Crippen LogP contribution in [0.25, 0.3) is 43.8 Å². The summed E-state index contributed by atoms with van der Waals surface area (Å²) in [6, 6.07) is 26.1. The summed E-state index contributed by atoms with van der Waals surface area (Å²) in [5.74, 6) is -1.02. The SMILES string of the molecule is CN(Cc1cc2c(-c3ccccc3C(=O)O)c3ccc4cc(=O)ccc4c3oc2cc1O)Cc1ccccc1[B]O. The van der Waals surface area contributed by atoms with Crippen LogP contribution in [-0.2, 0) is 13.1 Å². The zero-order valence-electron chi connectivity index (χ0n) is 22.2. The fourth-order valence-corrected chi connectivity index (χ4v) is 5.48. The molecule has 0 amide bonds. The molecule has 0 bridgehead atoms. The molecule has 41 heavy (non-hydrogen) atoms. The van der Waals surface area contributed by atoms with Gasteiger partial charge in [-0.25, -0.2) is 4.79 Å². The van der Waals surface area contributed by atoms with Crippen LogP contribution in [0.3, 0.4) is 0 Å². The Morgan fingerprint density at radius 3 is 2.39 bits per heavy atom. The lowest BCUT2D eigenvalue weighted by molar-refractivity contribution is 0.0697. The summed E-state index contributed by atoms with van der Waals surface area (Å²) in [7, 11) is 3.00. The average Bonchev–Trinajstić information content (AvgIpc) is 2.96. The Morgan fingerprint density at radius 1 is 0.854 bits per heavy atom. The molecule has 7 nitrogen and oxygen atoms in total. The zero-order chi connectivity index (χ0) is 28.7. The first-order valence-electron chi connectivity index (χ1n) is 13.1. The fraction of sp³-hybridized carbons (Fsp3) is 0.0909. The van der Waals surface area contributed by atoms with Gasteiger partial charge in [-0.3, -0.25) is 9.69 Å². The minimum absolute atomic E-state index is 0.0361. The average molecular weight is 542 g/mol. The highest BCUT2D eigenvalue weighted by Gasteiger charge is 2.21. The van der Waals surface area contributed by atoms with Crippen LogP contribution in [0, 0.1) is 0 Å². The maximum absolute atomic E-state index is 12.3. The number of rotatable bonds is 7. The predicted octanol–water partition coefficient (Wildman–Crippen LogP) is 5.04. The topological polar surface area (TPSA) is 111 Å². The Hall–Kier alpha value is -4.92. The van der Waals surface area contributed by atoms with Crippen molar-refractivity contribution in [3.63, 3.8) is 0 Å². The predicted molar refractivity (Wildman–Crippen MR) is 161 cm³/mol. The number of hydrogen-bond donors (Lipinski definition) is 3. The van der Waals surface area contributed by atoms with Crippen molar-refractivity contribution in [2.45, 2.75) is 13.1 Å². The monoisotopic (exact) mass is 542 g/mol. The van der Waals surface area contributed by atoms with Gasteiger partial charge in [0.1, 0.15) is 16.9 Å². The van der Waals surface area contributed by atoms with Gasteiger partial charge >= 0.3 is 13.5 Å². The van der Waals surface area contributed by atoms with Gasteiger partial charge in [0.25, 0.3) is 0 Å². The van der Waals surface area contributed by atoms with E-state index in [1.165, 1.54) is 12.1 Å². The lowest BCUT2D eigenvalue weighted by Gasteiger charge is -2.20. The first kappa shape index (κ1) is 26.3. The quantitative estimate of drug-likeness (QED) is 0.147. The second kappa shape index (κ2) is 10.6. The molecule has 1 radical (unpaired) electrons. The highest BCUT2D eigenvalue weighted by Crippen LogP contribution is 2.42. The van der Waals surface area contributed by atoms with Crippen molar-refractivity contribution in [3.05, 3.63) is 118 Å². The normalized spacial score (nSPS) is 11.5. The lowest BCUT2D eigenvalue weighted by Crippen LogP contribution is -2.25. The lowest BCUT2D eigenvalue weighted by atomic mass is 9.84. The number of nitrogens with zero attached hydrogens (tertiary/aromatic N) is 1. The first-order chi connectivity index (χ1) is 19.8. The number of phenols is 1. The van der Waals surface area contributed by atoms with Gasteiger partial charge in [-0.05, 0) is 65.4 Å². The van der Waals surface area contributed by atoms with Gasteiger partial charge in [0.05, 0.1) is 5.56 Å². The number of benzene rings is 5. The molecular weight excluding hydrogens is 517 g/mol. The van der Waals surface area contributed by atoms with E-state index in [2.05, 4.69) is 0 Å². The van der Waals surface area contributed by atoms with E-state index in [0.717, 1.165) is 18.5 Å². The standard InChI is InChI=1S/C33H25BNO6/c1-35(17-20-6-2-5-9-28(20)34-40)18-21-15-27-30(16-29(21)37)41-32-23-13-11-22(36)14-19(23)10-12-26(32)31(27)24-7-3-4-8-25(24)33(38)39/h2-16,37,40H,17-18H2,1H3,(H,38,39). The van der Waals surface area contributed by atoms with E-state index >= 15 is 0 Å². The molecule has 0 aliphatic rings. The van der Waals surface area contributed by atoms with E-state index in [4.69, 9.17) is 4.42 Å². The summed E-state index contributed by atoms with van der Waals surface area (Å²) in [6.45, 7) is 0.902. The summed E-state index contributed by atoms with van der Waals surface area (Å²) >= 11 is 0. The maximum atomic E-state index is 12.3. The maximum Gasteiger partial charge on any atom is 0.336 e. The summed E-state index contributed by atoms with van der Waals surface area (Å²) < 4.78 is 6.37. The van der Waals surface area contributed by atoms with Crippen molar-refractivity contribution in [3.8, 4) is 16.9 Å². The molecule has 0 fully saturated rings. The number of fused-ring (bicyclic) bond motifs is 4. The number of hydrogen-bond acceptors (Lipinski definition) is 6. The van der Waals surface area contributed by atoms with Crippen molar-refractivity contribution >= 4 is 51.6 Å². The third kappa shape index (κ3) is 4.84. The van der Waals surface area contributed by atoms with Crippen LogP contribution in [0.15, 0.2) is 100 Å².